The molecule has 0 aliphatic carbocycles. The quantitative estimate of drug-likeness (QED) is 0.879. The van der Waals surface area contributed by atoms with Gasteiger partial charge in [-0.3, -0.25) is 0 Å². The number of rotatable bonds is 2. The molecule has 0 spiro atoms. The van der Waals surface area contributed by atoms with Crippen molar-refractivity contribution in [1.82, 2.24) is 0 Å². The van der Waals surface area contributed by atoms with Crippen molar-refractivity contribution < 1.29 is 14.9 Å². The lowest BCUT2D eigenvalue weighted by molar-refractivity contribution is 0.0630. The van der Waals surface area contributed by atoms with Crippen LogP contribution in [0.5, 0.6) is 11.5 Å². The summed E-state index contributed by atoms with van der Waals surface area (Å²) < 4.78 is 5.69. The Balaban J connectivity index is 1.84. The van der Waals surface area contributed by atoms with Crippen LogP contribution in [0.3, 0.4) is 0 Å². The number of hydrogen-bond acceptors (Lipinski definition) is 3. The van der Waals surface area contributed by atoms with E-state index in [1.165, 1.54) is 0 Å². The Kier molecular flexibility index (Phi) is 3.61. The van der Waals surface area contributed by atoms with Gasteiger partial charge in [0.2, 0.25) is 0 Å². The smallest absolute Gasteiger partial charge is 0.119 e. The van der Waals surface area contributed by atoms with Crippen molar-refractivity contribution in [3.05, 3.63) is 59.7 Å². The summed E-state index contributed by atoms with van der Waals surface area (Å²) in [6, 6.07) is 14.8. The summed E-state index contributed by atoms with van der Waals surface area (Å²) in [6.07, 6.45) is 0.870. The predicted octanol–water partition coefficient (Wildman–Crippen LogP) is 3.39. The molecule has 1 aliphatic rings. The van der Waals surface area contributed by atoms with Crippen LogP contribution < -0.4 is 0 Å². The fourth-order valence-corrected chi connectivity index (χ4v) is 2.93. The van der Waals surface area contributed by atoms with Gasteiger partial charge < -0.3 is 14.9 Å². The summed E-state index contributed by atoms with van der Waals surface area (Å²) in [5.41, 5.74) is 1.85. The molecule has 2 unspecified atom stereocenters. The normalized spacial score (nSPS) is 22.6. The Morgan fingerprint density at radius 2 is 1.20 bits per heavy atom. The van der Waals surface area contributed by atoms with Gasteiger partial charge >= 0.3 is 0 Å². The van der Waals surface area contributed by atoms with Gasteiger partial charge in [0.25, 0.3) is 0 Å². The third-order valence-corrected chi connectivity index (χ3v) is 3.96. The van der Waals surface area contributed by atoms with Crippen LogP contribution in [0.15, 0.2) is 48.5 Å². The fourth-order valence-electron chi connectivity index (χ4n) is 2.93. The number of aromatic hydroxyl groups is 2. The molecule has 2 atom stereocenters. The monoisotopic (exact) mass is 270 g/mol. The largest absolute Gasteiger partial charge is 0.508 e. The zero-order chi connectivity index (χ0) is 13.9. The molecule has 0 bridgehead atoms. The average Bonchev–Trinajstić information content (AvgIpc) is 2.48. The standard InChI is InChI=1S/C17H18O3/c18-16-7-3-1-5-14(16)12-9-13(11-20-10-12)15-6-2-4-8-17(15)19/h1-8,12-13,18-19H,9-11H2. The lowest BCUT2D eigenvalue weighted by Crippen LogP contribution is -2.23. The fraction of sp³-hybridized carbons (Fsp3) is 0.294. The van der Waals surface area contributed by atoms with Crippen LogP contribution in [-0.4, -0.2) is 23.4 Å². The molecular formula is C17H18O3. The predicted molar refractivity (Wildman–Crippen MR) is 77.1 cm³/mol. The molecule has 0 amide bonds. The van der Waals surface area contributed by atoms with Crippen molar-refractivity contribution in [3.63, 3.8) is 0 Å². The van der Waals surface area contributed by atoms with Crippen molar-refractivity contribution in [2.45, 2.75) is 18.3 Å². The maximum Gasteiger partial charge on any atom is 0.119 e. The van der Waals surface area contributed by atoms with E-state index in [0.717, 1.165) is 17.5 Å². The van der Waals surface area contributed by atoms with E-state index in [1.807, 2.05) is 36.4 Å². The zero-order valence-electron chi connectivity index (χ0n) is 11.2. The van der Waals surface area contributed by atoms with E-state index < -0.39 is 0 Å². The first-order valence-electron chi connectivity index (χ1n) is 6.89. The van der Waals surface area contributed by atoms with Crippen LogP contribution in [0.4, 0.5) is 0 Å². The molecule has 1 aliphatic heterocycles. The molecule has 2 aromatic rings. The van der Waals surface area contributed by atoms with E-state index in [9.17, 15) is 10.2 Å². The topological polar surface area (TPSA) is 49.7 Å². The molecule has 1 heterocycles. The first-order chi connectivity index (χ1) is 9.75. The van der Waals surface area contributed by atoms with Crippen molar-refractivity contribution in [2.24, 2.45) is 0 Å². The van der Waals surface area contributed by atoms with E-state index in [2.05, 4.69) is 0 Å². The second kappa shape index (κ2) is 5.55. The molecule has 1 saturated heterocycles. The number of ether oxygens (including phenoxy) is 1. The highest BCUT2D eigenvalue weighted by molar-refractivity contribution is 5.38. The van der Waals surface area contributed by atoms with E-state index in [0.29, 0.717) is 24.7 Å². The molecule has 20 heavy (non-hydrogen) atoms. The molecular weight excluding hydrogens is 252 g/mol. The minimum absolute atomic E-state index is 0.162. The minimum atomic E-state index is 0.162. The molecule has 3 rings (SSSR count). The molecule has 104 valence electrons. The molecule has 2 aromatic carbocycles. The third-order valence-electron chi connectivity index (χ3n) is 3.96. The molecule has 0 aromatic heterocycles. The van der Waals surface area contributed by atoms with Crippen LogP contribution >= 0.6 is 0 Å². The van der Waals surface area contributed by atoms with E-state index in [1.54, 1.807) is 12.1 Å². The molecule has 3 nitrogen and oxygen atoms in total. The van der Waals surface area contributed by atoms with Gasteiger partial charge in [-0.1, -0.05) is 36.4 Å². The summed E-state index contributed by atoms with van der Waals surface area (Å²) in [4.78, 5) is 0. The van der Waals surface area contributed by atoms with Gasteiger partial charge in [0.15, 0.2) is 0 Å². The van der Waals surface area contributed by atoms with Crippen LogP contribution in [0.1, 0.15) is 29.4 Å². The highest BCUT2D eigenvalue weighted by Crippen LogP contribution is 2.39. The van der Waals surface area contributed by atoms with Crippen molar-refractivity contribution >= 4 is 0 Å². The van der Waals surface area contributed by atoms with Gasteiger partial charge in [0.05, 0.1) is 13.2 Å². The van der Waals surface area contributed by atoms with Gasteiger partial charge in [0.1, 0.15) is 11.5 Å². The lowest BCUT2D eigenvalue weighted by atomic mass is 9.83. The van der Waals surface area contributed by atoms with E-state index in [4.69, 9.17) is 4.74 Å². The lowest BCUT2D eigenvalue weighted by Gasteiger charge is -2.30. The number of benzene rings is 2. The van der Waals surface area contributed by atoms with Crippen LogP contribution in [0.25, 0.3) is 0 Å². The van der Waals surface area contributed by atoms with E-state index >= 15 is 0 Å². The summed E-state index contributed by atoms with van der Waals surface area (Å²) in [5.74, 6) is 0.960. The van der Waals surface area contributed by atoms with Crippen LogP contribution in [0.2, 0.25) is 0 Å². The Hall–Kier alpha value is -2.00. The van der Waals surface area contributed by atoms with Gasteiger partial charge in [-0.25, -0.2) is 0 Å². The average molecular weight is 270 g/mol. The molecule has 0 radical (unpaired) electrons. The minimum Gasteiger partial charge on any atom is -0.508 e. The first kappa shape index (κ1) is 13.0. The maximum absolute atomic E-state index is 9.97. The van der Waals surface area contributed by atoms with Gasteiger partial charge in [-0.15, -0.1) is 0 Å². The number of phenolic OH excluding ortho intramolecular Hbond substituents is 2. The number of para-hydroxylation sites is 2. The second-order valence-electron chi connectivity index (χ2n) is 5.28. The Bertz CT molecular complexity index is 543. The Morgan fingerprint density at radius 3 is 1.65 bits per heavy atom. The maximum atomic E-state index is 9.97. The molecule has 3 heteroatoms. The van der Waals surface area contributed by atoms with Crippen LogP contribution in [-0.2, 0) is 4.74 Å². The Labute approximate surface area is 118 Å². The SMILES string of the molecule is Oc1ccccc1C1COCC(c2ccccc2O)C1. The number of phenols is 2. The van der Waals surface area contributed by atoms with Crippen LogP contribution in [0, 0.1) is 0 Å². The Morgan fingerprint density at radius 1 is 0.750 bits per heavy atom. The third kappa shape index (κ3) is 2.49. The van der Waals surface area contributed by atoms with E-state index in [-0.39, 0.29) is 11.8 Å². The summed E-state index contributed by atoms with van der Waals surface area (Å²) >= 11 is 0. The molecule has 2 N–H and O–H groups in total. The van der Waals surface area contributed by atoms with Crippen molar-refractivity contribution in [2.75, 3.05) is 13.2 Å². The molecule has 1 fully saturated rings. The highest BCUT2D eigenvalue weighted by atomic mass is 16.5. The van der Waals surface area contributed by atoms with Gasteiger partial charge in [-0.05, 0) is 29.7 Å². The van der Waals surface area contributed by atoms with Gasteiger partial charge in [0, 0.05) is 11.8 Å². The van der Waals surface area contributed by atoms with Gasteiger partial charge in [-0.2, -0.15) is 0 Å². The zero-order valence-corrected chi connectivity index (χ0v) is 11.2. The summed E-state index contributed by atoms with van der Waals surface area (Å²) in [7, 11) is 0. The summed E-state index contributed by atoms with van der Waals surface area (Å²) in [6.45, 7) is 1.23. The molecule has 0 saturated carbocycles. The van der Waals surface area contributed by atoms with Crippen molar-refractivity contribution in [1.29, 1.82) is 0 Å². The second-order valence-corrected chi connectivity index (χ2v) is 5.28. The first-order valence-corrected chi connectivity index (χ1v) is 6.89. The van der Waals surface area contributed by atoms with Crippen molar-refractivity contribution in [3.8, 4) is 11.5 Å². The number of hydrogen-bond donors (Lipinski definition) is 2. The highest BCUT2D eigenvalue weighted by Gasteiger charge is 2.27. The summed E-state index contributed by atoms with van der Waals surface area (Å²) in [5, 5.41) is 19.9.